The quantitative estimate of drug-likeness (QED) is 0.622. The van der Waals surface area contributed by atoms with Crippen LogP contribution in [0, 0.1) is 5.92 Å². The van der Waals surface area contributed by atoms with Crippen molar-refractivity contribution in [2.45, 2.75) is 43.9 Å². The van der Waals surface area contributed by atoms with Crippen molar-refractivity contribution in [1.29, 1.82) is 0 Å². The van der Waals surface area contributed by atoms with E-state index in [1.807, 2.05) is 12.1 Å². The number of hydrogen-bond donors (Lipinski definition) is 1. The Balaban J connectivity index is 1.86. The Labute approximate surface area is 164 Å². The average molecular weight is 376 g/mol. The lowest BCUT2D eigenvalue weighted by molar-refractivity contribution is -0.104. The molecule has 1 aromatic carbocycles. The standard InChI is InChI=1S/C23H24N2O3/c26-15-7-14-25-20-16-23(17-8-3-1-4-9-17,18-10-5-2-6-11-18)13-12-19(20)21(24-25)22(27)28/h1,3-4,7-9,12-15,18H,2,5-6,10-11,16H2,(H,27,28). The predicted molar refractivity (Wildman–Crippen MR) is 108 cm³/mol. The van der Waals surface area contributed by atoms with Gasteiger partial charge in [0.2, 0.25) is 0 Å². The summed E-state index contributed by atoms with van der Waals surface area (Å²) in [6.07, 6.45) is 14.5. The van der Waals surface area contributed by atoms with Gasteiger partial charge < -0.3 is 5.11 Å². The van der Waals surface area contributed by atoms with Crippen molar-refractivity contribution in [2.24, 2.45) is 5.92 Å². The number of rotatable bonds is 5. The highest BCUT2D eigenvalue weighted by Crippen LogP contribution is 2.47. The third-order valence-electron chi connectivity index (χ3n) is 6.21. The fraction of sp³-hybridized carbons (Fsp3) is 0.348. The largest absolute Gasteiger partial charge is 0.476 e. The molecule has 0 spiro atoms. The van der Waals surface area contributed by atoms with Crippen molar-refractivity contribution in [1.82, 2.24) is 9.78 Å². The Bertz CT molecular complexity index is 936. The molecule has 0 aliphatic heterocycles. The van der Waals surface area contributed by atoms with Crippen molar-refractivity contribution in [2.75, 3.05) is 0 Å². The minimum atomic E-state index is -1.05. The number of carbonyl (C=O) groups excluding carboxylic acids is 1. The zero-order valence-electron chi connectivity index (χ0n) is 15.8. The maximum Gasteiger partial charge on any atom is 0.357 e. The van der Waals surface area contributed by atoms with Gasteiger partial charge in [-0.3, -0.25) is 4.79 Å². The zero-order valence-corrected chi connectivity index (χ0v) is 15.8. The molecule has 144 valence electrons. The monoisotopic (exact) mass is 376 g/mol. The molecule has 0 bridgehead atoms. The van der Waals surface area contributed by atoms with E-state index in [1.54, 1.807) is 10.9 Å². The van der Waals surface area contributed by atoms with Crippen LogP contribution in [0.3, 0.4) is 0 Å². The van der Waals surface area contributed by atoms with Crippen LogP contribution in [0.1, 0.15) is 59.4 Å². The molecule has 1 unspecified atom stereocenters. The van der Waals surface area contributed by atoms with Gasteiger partial charge in [-0.2, -0.15) is 5.10 Å². The highest BCUT2D eigenvalue weighted by atomic mass is 16.4. The summed E-state index contributed by atoms with van der Waals surface area (Å²) in [6, 6.07) is 10.5. The summed E-state index contributed by atoms with van der Waals surface area (Å²) in [5.41, 5.74) is 2.61. The Morgan fingerprint density at radius 3 is 2.61 bits per heavy atom. The second-order valence-electron chi connectivity index (χ2n) is 7.69. The van der Waals surface area contributed by atoms with Crippen molar-refractivity contribution < 1.29 is 14.7 Å². The van der Waals surface area contributed by atoms with Gasteiger partial charge in [0.05, 0.1) is 5.69 Å². The maximum atomic E-state index is 11.7. The SMILES string of the molecule is O=CC=Cn1nc(C(=O)O)c2c1CC(c1ccccc1)(C1CCCCC1)C=C2. The molecule has 5 nitrogen and oxygen atoms in total. The van der Waals surface area contributed by atoms with Gasteiger partial charge >= 0.3 is 5.97 Å². The van der Waals surface area contributed by atoms with Crippen LogP contribution in [0.4, 0.5) is 0 Å². The predicted octanol–water partition coefficient (Wildman–Crippen LogP) is 4.34. The van der Waals surface area contributed by atoms with Crippen LogP contribution in [0.15, 0.2) is 42.5 Å². The number of allylic oxidation sites excluding steroid dienone is 2. The highest BCUT2D eigenvalue weighted by molar-refractivity contribution is 5.91. The molecule has 1 heterocycles. The number of carboxylic acids is 1. The summed E-state index contributed by atoms with van der Waals surface area (Å²) in [6.45, 7) is 0. The molecule has 0 amide bonds. The number of aromatic carboxylic acids is 1. The topological polar surface area (TPSA) is 72.2 Å². The number of benzene rings is 1. The summed E-state index contributed by atoms with van der Waals surface area (Å²) in [4.78, 5) is 22.5. The lowest BCUT2D eigenvalue weighted by Crippen LogP contribution is -2.39. The number of hydrogen-bond acceptors (Lipinski definition) is 3. The van der Waals surface area contributed by atoms with Crippen LogP contribution < -0.4 is 0 Å². The molecule has 1 atom stereocenters. The summed E-state index contributed by atoms with van der Waals surface area (Å²) in [5, 5.41) is 13.8. The van der Waals surface area contributed by atoms with Crippen molar-refractivity contribution in [3.05, 3.63) is 65.0 Å². The van der Waals surface area contributed by atoms with Crippen molar-refractivity contribution in [3.8, 4) is 0 Å². The third kappa shape index (κ3) is 3.11. The van der Waals surface area contributed by atoms with Crippen molar-refractivity contribution in [3.63, 3.8) is 0 Å². The molecule has 4 rings (SSSR count). The molecule has 1 saturated carbocycles. The van der Waals surface area contributed by atoms with Crippen LogP contribution in [-0.4, -0.2) is 27.1 Å². The number of aromatic nitrogens is 2. The molecular formula is C23H24N2O3. The first-order valence-corrected chi connectivity index (χ1v) is 9.87. The lowest BCUT2D eigenvalue weighted by Gasteiger charge is -2.43. The second kappa shape index (κ2) is 7.58. The summed E-state index contributed by atoms with van der Waals surface area (Å²) >= 11 is 0. The van der Waals surface area contributed by atoms with E-state index in [0.29, 0.717) is 24.2 Å². The molecular weight excluding hydrogens is 352 g/mol. The molecule has 1 N–H and O–H groups in total. The van der Waals surface area contributed by atoms with Crippen LogP contribution in [-0.2, 0) is 16.6 Å². The van der Waals surface area contributed by atoms with E-state index in [1.165, 1.54) is 43.7 Å². The van der Waals surface area contributed by atoms with Crippen LogP contribution in [0.25, 0.3) is 12.3 Å². The first-order chi connectivity index (χ1) is 13.7. The van der Waals surface area contributed by atoms with Crippen LogP contribution in [0.5, 0.6) is 0 Å². The number of fused-ring (bicyclic) bond motifs is 1. The van der Waals surface area contributed by atoms with Gasteiger partial charge in [0.25, 0.3) is 0 Å². The highest BCUT2D eigenvalue weighted by Gasteiger charge is 2.42. The number of aldehydes is 1. The van der Waals surface area contributed by atoms with E-state index in [9.17, 15) is 14.7 Å². The fourth-order valence-electron chi connectivity index (χ4n) is 4.88. The Morgan fingerprint density at radius 2 is 1.93 bits per heavy atom. The van der Waals surface area contributed by atoms with E-state index in [-0.39, 0.29) is 11.1 Å². The number of nitrogens with zero attached hydrogens (tertiary/aromatic N) is 2. The lowest BCUT2D eigenvalue weighted by atomic mass is 9.61. The van der Waals surface area contributed by atoms with Gasteiger partial charge in [-0.15, -0.1) is 0 Å². The van der Waals surface area contributed by atoms with Crippen LogP contribution >= 0.6 is 0 Å². The van der Waals surface area contributed by atoms with Gasteiger partial charge in [0.1, 0.15) is 6.29 Å². The van der Waals surface area contributed by atoms with E-state index in [2.05, 4.69) is 35.4 Å². The Hall–Kier alpha value is -2.95. The minimum absolute atomic E-state index is 0.0344. The fourth-order valence-corrected chi connectivity index (χ4v) is 4.88. The third-order valence-corrected chi connectivity index (χ3v) is 6.21. The summed E-state index contributed by atoms with van der Waals surface area (Å²) in [5.74, 6) is -0.552. The van der Waals surface area contributed by atoms with E-state index < -0.39 is 5.97 Å². The Morgan fingerprint density at radius 1 is 1.18 bits per heavy atom. The molecule has 0 saturated heterocycles. The summed E-state index contributed by atoms with van der Waals surface area (Å²) in [7, 11) is 0. The van der Waals surface area contributed by atoms with E-state index in [4.69, 9.17) is 0 Å². The molecule has 28 heavy (non-hydrogen) atoms. The molecule has 2 aliphatic carbocycles. The van der Waals surface area contributed by atoms with Gasteiger partial charge in [-0.05, 0) is 30.4 Å². The van der Waals surface area contributed by atoms with E-state index in [0.717, 1.165) is 5.69 Å². The smallest absolute Gasteiger partial charge is 0.357 e. The molecule has 2 aliphatic rings. The molecule has 1 fully saturated rings. The summed E-state index contributed by atoms with van der Waals surface area (Å²) < 4.78 is 1.57. The maximum absolute atomic E-state index is 11.7. The molecule has 0 radical (unpaired) electrons. The van der Waals surface area contributed by atoms with Gasteiger partial charge in [0.15, 0.2) is 5.69 Å². The zero-order chi connectivity index (χ0) is 19.6. The average Bonchev–Trinajstić information content (AvgIpc) is 3.11. The normalized spacial score (nSPS) is 22.3. The minimum Gasteiger partial charge on any atom is -0.476 e. The van der Waals surface area contributed by atoms with Crippen molar-refractivity contribution >= 4 is 24.5 Å². The first-order valence-electron chi connectivity index (χ1n) is 9.87. The first kappa shape index (κ1) is 18.4. The second-order valence-corrected chi connectivity index (χ2v) is 7.69. The number of carboxylic acid groups (broad SMARTS) is 1. The van der Waals surface area contributed by atoms with Gasteiger partial charge in [-0.1, -0.05) is 61.7 Å². The molecule has 2 aromatic rings. The Kier molecular flexibility index (Phi) is 4.99. The van der Waals surface area contributed by atoms with Gasteiger partial charge in [-0.25, -0.2) is 9.48 Å². The van der Waals surface area contributed by atoms with Crippen LogP contribution in [0.2, 0.25) is 0 Å². The molecule has 5 heteroatoms. The number of carbonyl (C=O) groups is 2. The molecule has 1 aromatic heterocycles. The van der Waals surface area contributed by atoms with Gasteiger partial charge in [0, 0.05) is 23.6 Å². The van der Waals surface area contributed by atoms with E-state index >= 15 is 0 Å².